The molecule has 0 atom stereocenters. The van der Waals surface area contributed by atoms with Crippen molar-refractivity contribution in [1.29, 1.82) is 0 Å². The highest BCUT2D eigenvalue weighted by Gasteiger charge is 2.38. The molecule has 0 fully saturated rings. The number of halogens is 3. The van der Waals surface area contributed by atoms with Gasteiger partial charge in [0, 0.05) is 58.2 Å². The lowest BCUT2D eigenvalue weighted by Gasteiger charge is -2.14. The van der Waals surface area contributed by atoms with Crippen LogP contribution < -0.4 is 47.3 Å². The number of hydrogen-bond donors (Lipinski definition) is 10. The maximum atomic E-state index is 13.6. The van der Waals surface area contributed by atoms with Crippen LogP contribution in [0.25, 0.3) is 6.08 Å². The number of amides is 5. The standard InChI is InChI=1S/C54H53N13O9S.C2HF3O2/c1-2-75-52(71)46-47(69)45(77-51(46)60-37-6-4-3-5-7-37)27-33-8-17-44(43(68)26-33)76-25-24-74-23-22-67-32-42(65-66-67)31-59-50(70)36-28-40(63-53(72)61-38-13-9-34(10-14-38)48-55-18-19-56-48)30-41(29-36)64-54(73)62-39-15-11-35(12-16-39)49-57-20-21-58-49;3-2(4,5)1(6)7/h3-17,26-30,32,60,68H,2,18-25,31H2,1H3,(H,55,56)(H,57,58)(H,59,70)(H2,61,63,72)(H2,62,64,73);(H,6,7)/b45-27-;. The molecule has 5 amide bonds. The molecule has 0 bridgehead atoms. The number of hydrogen-bond acceptors (Lipinski definition) is 18. The van der Waals surface area contributed by atoms with Gasteiger partial charge in [0.1, 0.15) is 29.5 Å². The molecule has 0 saturated heterocycles. The van der Waals surface area contributed by atoms with Crippen molar-refractivity contribution in [3.05, 3.63) is 165 Å². The minimum Gasteiger partial charge on any atom is -0.504 e. The van der Waals surface area contributed by atoms with Crippen LogP contribution in [0.4, 0.5) is 51.2 Å². The van der Waals surface area contributed by atoms with E-state index >= 15 is 0 Å². The zero-order valence-electron chi connectivity index (χ0n) is 44.5. The Labute approximate surface area is 481 Å². The number of rotatable bonds is 21. The number of anilines is 5. The number of carbonyl (C=O) groups excluding carboxylic acids is 5. The number of amidine groups is 2. The van der Waals surface area contributed by atoms with E-state index in [4.69, 9.17) is 24.1 Å². The van der Waals surface area contributed by atoms with Crippen LogP contribution in [0.15, 0.2) is 147 Å². The van der Waals surface area contributed by atoms with Gasteiger partial charge in [-0.25, -0.2) is 23.9 Å². The number of ketones is 1. The van der Waals surface area contributed by atoms with E-state index < -0.39 is 41.9 Å². The minimum atomic E-state index is -5.08. The predicted octanol–water partition coefficient (Wildman–Crippen LogP) is 7.17. The van der Waals surface area contributed by atoms with Crippen LogP contribution in [0.2, 0.25) is 0 Å². The topological polar surface area (TPSA) is 322 Å². The molecule has 3 aliphatic heterocycles. The summed E-state index contributed by atoms with van der Waals surface area (Å²) in [5.41, 5.74) is 5.04. The van der Waals surface area contributed by atoms with Gasteiger partial charge in [-0.1, -0.05) is 41.2 Å². The zero-order valence-corrected chi connectivity index (χ0v) is 45.4. The van der Waals surface area contributed by atoms with Gasteiger partial charge >= 0.3 is 30.2 Å². The molecule has 28 heteroatoms. The second-order valence-corrected chi connectivity index (χ2v) is 19.0. The van der Waals surface area contributed by atoms with Crippen LogP contribution in [-0.2, 0) is 36.9 Å². The van der Waals surface area contributed by atoms with E-state index in [2.05, 4.69) is 62.8 Å². The first-order valence-electron chi connectivity index (χ1n) is 25.7. The predicted molar refractivity (Wildman–Crippen MR) is 307 cm³/mol. The Hall–Kier alpha value is -10.2. The first-order valence-corrected chi connectivity index (χ1v) is 26.6. The molecule has 3 aliphatic rings. The summed E-state index contributed by atoms with van der Waals surface area (Å²) in [7, 11) is 0. The molecule has 0 aliphatic carbocycles. The maximum absolute atomic E-state index is 13.6. The number of phenols is 1. The maximum Gasteiger partial charge on any atom is 0.490 e. The lowest BCUT2D eigenvalue weighted by molar-refractivity contribution is -0.192. The fourth-order valence-corrected chi connectivity index (χ4v) is 8.98. The van der Waals surface area contributed by atoms with E-state index in [1.807, 2.05) is 54.6 Å². The highest BCUT2D eigenvalue weighted by molar-refractivity contribution is 8.08. The minimum absolute atomic E-state index is 0.0113. The number of aliphatic imine (C=N–C) groups is 2. The average molecular weight is 1170 g/mol. The quantitative estimate of drug-likeness (QED) is 0.0148. The number of urea groups is 2. The SMILES string of the molecule is CCOC(=O)C1=C(Nc2ccccc2)S/C(=C\c2ccc(OCCOCCn3cc(CNC(=O)c4cc(NC(=O)Nc5ccc(C6=NCCN6)cc5)cc(NC(=O)Nc5ccc(C6=NCCN6)cc5)c4)nn3)c(O)c2)C1=O.O=C(O)C(F)(F)F. The van der Waals surface area contributed by atoms with Crippen molar-refractivity contribution in [3.63, 3.8) is 0 Å². The van der Waals surface area contributed by atoms with Crippen LogP contribution in [0, 0.1) is 0 Å². The van der Waals surface area contributed by atoms with E-state index in [9.17, 15) is 42.3 Å². The molecule has 9 rings (SSSR count). The molecule has 1 aromatic heterocycles. The van der Waals surface area contributed by atoms with Crippen molar-refractivity contribution >= 4 is 93.6 Å². The van der Waals surface area contributed by atoms with Crippen LogP contribution in [0.5, 0.6) is 11.5 Å². The number of carboxylic acids is 1. The van der Waals surface area contributed by atoms with Gasteiger partial charge in [-0.05, 0) is 110 Å². The number of carbonyl (C=O) groups is 6. The van der Waals surface area contributed by atoms with Gasteiger partial charge in [-0.2, -0.15) is 13.2 Å². The molecular weight excluding hydrogens is 1120 g/mol. The third-order valence-electron chi connectivity index (χ3n) is 11.8. The van der Waals surface area contributed by atoms with Crippen molar-refractivity contribution in [3.8, 4) is 11.5 Å². The summed E-state index contributed by atoms with van der Waals surface area (Å²) in [6.45, 7) is 5.62. The molecule has 24 nitrogen and oxygen atoms in total. The number of allylic oxidation sites excluding steroid dienone is 1. The number of aliphatic carboxylic acids is 1. The Morgan fingerprint density at radius 2 is 1.35 bits per heavy atom. The van der Waals surface area contributed by atoms with Crippen LogP contribution >= 0.6 is 11.8 Å². The summed E-state index contributed by atoms with van der Waals surface area (Å²) < 4.78 is 49.9. The zero-order chi connectivity index (χ0) is 59.6. The van der Waals surface area contributed by atoms with Gasteiger partial charge in [-0.15, -0.1) is 5.10 Å². The van der Waals surface area contributed by atoms with Gasteiger partial charge in [0.25, 0.3) is 5.91 Å². The van der Waals surface area contributed by atoms with Crippen molar-refractivity contribution in [2.45, 2.75) is 26.2 Å². The first-order chi connectivity index (χ1) is 40.5. The van der Waals surface area contributed by atoms with E-state index in [1.165, 1.54) is 24.3 Å². The number of aromatic hydroxyl groups is 1. The molecule has 6 aromatic rings. The first kappa shape index (κ1) is 59.9. The molecule has 0 saturated carbocycles. The Balaban J connectivity index is 0.00000124. The number of ether oxygens (including phenoxy) is 3. The number of carboxylic acid groups (broad SMARTS) is 1. The third-order valence-corrected chi connectivity index (χ3v) is 12.8. The average Bonchev–Trinajstić information content (AvgIpc) is 3.82. The van der Waals surface area contributed by atoms with Gasteiger partial charge in [0.15, 0.2) is 11.5 Å². The highest BCUT2D eigenvalue weighted by atomic mass is 32.2. The second-order valence-electron chi connectivity index (χ2n) is 17.9. The number of nitrogens with one attached hydrogen (secondary N) is 8. The fourth-order valence-electron chi connectivity index (χ4n) is 7.92. The summed E-state index contributed by atoms with van der Waals surface area (Å²) in [4.78, 5) is 84.2. The molecule has 0 radical (unpaired) electrons. The van der Waals surface area contributed by atoms with Gasteiger partial charge in [-0.3, -0.25) is 19.6 Å². The van der Waals surface area contributed by atoms with Crippen molar-refractivity contribution in [1.82, 2.24) is 30.9 Å². The smallest absolute Gasteiger partial charge is 0.490 e. The fraction of sp³-hybridized carbons (Fsp3) is 0.214. The van der Waals surface area contributed by atoms with Crippen molar-refractivity contribution in [2.75, 3.05) is 79.2 Å². The van der Waals surface area contributed by atoms with Crippen molar-refractivity contribution < 1.29 is 66.4 Å². The van der Waals surface area contributed by atoms with Crippen LogP contribution in [-0.4, -0.2) is 131 Å². The van der Waals surface area contributed by atoms with Gasteiger partial charge in [0.2, 0.25) is 5.78 Å². The normalized spacial score (nSPS) is 14.0. The summed E-state index contributed by atoms with van der Waals surface area (Å²) in [5, 5.41) is 50.0. The van der Waals surface area contributed by atoms with Gasteiger partial charge < -0.3 is 67.0 Å². The second kappa shape index (κ2) is 28.5. The number of nitrogens with zero attached hydrogens (tertiary/aromatic N) is 5. The molecule has 0 spiro atoms. The highest BCUT2D eigenvalue weighted by Crippen LogP contribution is 2.41. The van der Waals surface area contributed by atoms with Crippen molar-refractivity contribution in [2.24, 2.45) is 9.98 Å². The Morgan fingerprint density at radius 1 is 0.750 bits per heavy atom. The van der Waals surface area contributed by atoms with E-state index in [1.54, 1.807) is 60.3 Å². The summed E-state index contributed by atoms with van der Waals surface area (Å²) >= 11 is 1.11. The molecule has 0 unspecified atom stereocenters. The van der Waals surface area contributed by atoms with Gasteiger partial charge in [0.05, 0.1) is 62.1 Å². The Bertz CT molecular complexity index is 3420. The molecule has 436 valence electrons. The monoisotopic (exact) mass is 1170 g/mol. The molecule has 10 N–H and O–H groups in total. The lowest BCUT2D eigenvalue weighted by atomic mass is 10.1. The summed E-state index contributed by atoms with van der Waals surface area (Å²) in [5.74, 6) is -2.83. The number of para-hydroxylation sites is 1. The summed E-state index contributed by atoms with van der Waals surface area (Å²) in [6, 6.07) is 31.6. The number of esters is 1. The Kier molecular flexibility index (Phi) is 20.3. The molecular formula is C56H54F3N13O11S. The van der Waals surface area contributed by atoms with Crippen LogP contribution in [0.1, 0.15) is 39.7 Å². The van der Waals surface area contributed by atoms with E-state index in [0.717, 1.165) is 47.6 Å². The molecule has 84 heavy (non-hydrogen) atoms. The number of phenolic OH excluding ortho intramolecular Hbond substituents is 1. The van der Waals surface area contributed by atoms with E-state index in [0.29, 0.717) is 53.0 Å². The lowest BCUT2D eigenvalue weighted by Crippen LogP contribution is -2.25. The van der Waals surface area contributed by atoms with Crippen LogP contribution in [0.3, 0.4) is 0 Å². The number of Topliss-reactive ketones (excluding diaryl/α,β-unsaturated/α-hetero) is 1. The summed E-state index contributed by atoms with van der Waals surface area (Å²) in [6.07, 6.45) is -1.84. The molecule has 5 aromatic carbocycles. The Morgan fingerprint density at radius 3 is 1.89 bits per heavy atom. The third kappa shape index (κ3) is 17.2. The molecule has 4 heterocycles. The number of aromatic nitrogens is 3. The van der Waals surface area contributed by atoms with E-state index in [-0.39, 0.29) is 71.9 Å². The number of thioether (sulfide) groups is 1. The largest absolute Gasteiger partial charge is 0.504 e. The number of alkyl halides is 3. The number of benzene rings is 5.